The van der Waals surface area contributed by atoms with Gasteiger partial charge in [-0.15, -0.1) is 0 Å². The Labute approximate surface area is 128 Å². The summed E-state index contributed by atoms with van der Waals surface area (Å²) in [4.78, 5) is 25.1. The molecule has 1 saturated heterocycles. The van der Waals surface area contributed by atoms with Crippen LogP contribution in [-0.4, -0.2) is 43.0 Å². The molecule has 21 heavy (non-hydrogen) atoms. The normalized spacial score (nSPS) is 17.6. The van der Waals surface area contributed by atoms with Crippen molar-refractivity contribution in [3.63, 3.8) is 0 Å². The van der Waals surface area contributed by atoms with Gasteiger partial charge in [0.1, 0.15) is 0 Å². The van der Waals surface area contributed by atoms with Gasteiger partial charge in [0.05, 0.1) is 19.6 Å². The van der Waals surface area contributed by atoms with E-state index in [0.29, 0.717) is 0 Å². The highest BCUT2D eigenvalue weighted by atomic mass is 16.5. The molecule has 0 saturated carbocycles. The molecule has 1 amide bonds. The van der Waals surface area contributed by atoms with E-state index in [-0.39, 0.29) is 12.3 Å². The summed E-state index contributed by atoms with van der Waals surface area (Å²) < 4.78 is 4.55. The highest BCUT2D eigenvalue weighted by Crippen LogP contribution is 2.23. The van der Waals surface area contributed by atoms with Crippen molar-refractivity contribution < 1.29 is 14.3 Å². The van der Waals surface area contributed by atoms with Crippen molar-refractivity contribution in [2.45, 2.75) is 64.3 Å². The van der Waals surface area contributed by atoms with Crippen LogP contribution in [0.3, 0.4) is 0 Å². The largest absolute Gasteiger partial charge is 0.469 e. The number of ether oxygens (including phenoxy) is 1. The topological polar surface area (TPSA) is 72.6 Å². The average molecular weight is 298 g/mol. The Hall–Kier alpha value is -1.10. The van der Waals surface area contributed by atoms with E-state index < -0.39 is 12.0 Å². The number of carbonyl (C=O) groups excluding carboxylic acids is 2. The third-order valence-corrected chi connectivity index (χ3v) is 4.32. The zero-order valence-electron chi connectivity index (χ0n) is 13.5. The number of amides is 1. The van der Waals surface area contributed by atoms with Crippen LogP contribution in [0.4, 0.5) is 0 Å². The number of unbranched alkanes of at least 4 members (excludes halogenated alkanes) is 3. The molecule has 1 aliphatic rings. The number of piperidine rings is 1. The van der Waals surface area contributed by atoms with Crippen LogP contribution in [0.1, 0.15) is 58.3 Å². The fourth-order valence-corrected chi connectivity index (χ4v) is 2.89. The molecule has 1 fully saturated rings. The van der Waals surface area contributed by atoms with Gasteiger partial charge in [0.15, 0.2) is 0 Å². The van der Waals surface area contributed by atoms with Crippen LogP contribution in [-0.2, 0) is 14.3 Å². The van der Waals surface area contributed by atoms with Crippen LogP contribution >= 0.6 is 0 Å². The number of methoxy groups -OCH3 is 1. The van der Waals surface area contributed by atoms with Gasteiger partial charge in [-0.25, -0.2) is 0 Å². The predicted molar refractivity (Wildman–Crippen MR) is 82.7 cm³/mol. The monoisotopic (exact) mass is 298 g/mol. The van der Waals surface area contributed by atoms with Crippen molar-refractivity contribution in [1.29, 1.82) is 0 Å². The molecular formula is C16H30N2O3. The third-order valence-electron chi connectivity index (χ3n) is 4.32. The van der Waals surface area contributed by atoms with Crippen molar-refractivity contribution in [2.24, 2.45) is 11.7 Å². The lowest BCUT2D eigenvalue weighted by atomic mass is 9.91. The fraction of sp³-hybridized carbons (Fsp3) is 0.875. The molecular weight excluding hydrogens is 268 g/mol. The van der Waals surface area contributed by atoms with Gasteiger partial charge in [0.25, 0.3) is 0 Å². The van der Waals surface area contributed by atoms with E-state index in [1.165, 1.54) is 39.2 Å². The molecule has 1 heterocycles. The number of nitrogens with two attached hydrogens (primary N) is 1. The maximum absolute atomic E-state index is 12.1. The minimum atomic E-state index is -0.765. The number of carbonyl (C=O) groups is 2. The Morgan fingerprint density at radius 3 is 2.48 bits per heavy atom. The Morgan fingerprint density at radius 2 is 1.90 bits per heavy atom. The van der Waals surface area contributed by atoms with Crippen LogP contribution in [0.2, 0.25) is 0 Å². The summed E-state index contributed by atoms with van der Waals surface area (Å²) in [7, 11) is 1.31. The summed E-state index contributed by atoms with van der Waals surface area (Å²) in [5.41, 5.74) is 5.78. The molecule has 0 aromatic carbocycles. The molecule has 1 atom stereocenters. The van der Waals surface area contributed by atoms with E-state index >= 15 is 0 Å². The van der Waals surface area contributed by atoms with Gasteiger partial charge in [0.2, 0.25) is 5.91 Å². The molecule has 5 nitrogen and oxygen atoms in total. The maximum Gasteiger partial charge on any atom is 0.307 e. The van der Waals surface area contributed by atoms with E-state index in [1.54, 1.807) is 4.90 Å². The minimum absolute atomic E-state index is 0.0354. The van der Waals surface area contributed by atoms with E-state index in [2.05, 4.69) is 11.7 Å². The van der Waals surface area contributed by atoms with Crippen molar-refractivity contribution >= 4 is 11.9 Å². The predicted octanol–water partition coefficient (Wildman–Crippen LogP) is 2.09. The van der Waals surface area contributed by atoms with Gasteiger partial charge in [0, 0.05) is 13.1 Å². The first kappa shape index (κ1) is 18.0. The number of rotatable bonds is 8. The van der Waals surface area contributed by atoms with Gasteiger partial charge >= 0.3 is 5.97 Å². The highest BCUT2D eigenvalue weighted by molar-refractivity contribution is 5.86. The van der Waals surface area contributed by atoms with Crippen molar-refractivity contribution in [3.8, 4) is 0 Å². The van der Waals surface area contributed by atoms with Crippen molar-refractivity contribution in [2.75, 3.05) is 20.2 Å². The zero-order chi connectivity index (χ0) is 15.7. The van der Waals surface area contributed by atoms with E-state index in [1.807, 2.05) is 0 Å². The average Bonchev–Trinajstić information content (AvgIpc) is 2.51. The Kier molecular flexibility index (Phi) is 8.35. The molecule has 0 aliphatic carbocycles. The number of hydrogen-bond acceptors (Lipinski definition) is 4. The second-order valence-electron chi connectivity index (χ2n) is 6.00. The first-order valence-electron chi connectivity index (χ1n) is 8.19. The summed E-state index contributed by atoms with van der Waals surface area (Å²) >= 11 is 0. The molecule has 1 rings (SSSR count). The molecule has 0 spiro atoms. The lowest BCUT2D eigenvalue weighted by molar-refractivity contribution is -0.145. The summed E-state index contributed by atoms with van der Waals surface area (Å²) in [5, 5.41) is 0. The Balaban J connectivity index is 2.25. The first-order chi connectivity index (χ1) is 10.1. The third kappa shape index (κ3) is 6.46. The van der Waals surface area contributed by atoms with Crippen LogP contribution < -0.4 is 5.73 Å². The molecule has 0 bridgehead atoms. The van der Waals surface area contributed by atoms with E-state index in [4.69, 9.17) is 5.73 Å². The molecule has 0 aromatic heterocycles. The lowest BCUT2D eigenvalue weighted by Gasteiger charge is -2.33. The summed E-state index contributed by atoms with van der Waals surface area (Å²) in [6.45, 7) is 3.76. The van der Waals surface area contributed by atoms with Crippen LogP contribution in [0.15, 0.2) is 0 Å². The number of nitrogens with zero attached hydrogens (tertiary/aromatic N) is 1. The summed E-state index contributed by atoms with van der Waals surface area (Å²) in [5.74, 6) is 0.189. The quantitative estimate of drug-likeness (QED) is 0.550. The number of hydrogen-bond donors (Lipinski definition) is 1. The first-order valence-corrected chi connectivity index (χ1v) is 8.19. The molecule has 1 unspecified atom stereocenters. The molecule has 1 aliphatic heterocycles. The van der Waals surface area contributed by atoms with Gasteiger partial charge in [-0.3, -0.25) is 9.59 Å². The second-order valence-corrected chi connectivity index (χ2v) is 6.00. The van der Waals surface area contributed by atoms with Gasteiger partial charge in [-0.2, -0.15) is 0 Å². The van der Waals surface area contributed by atoms with Crippen LogP contribution in [0, 0.1) is 5.92 Å². The van der Waals surface area contributed by atoms with Crippen molar-refractivity contribution in [3.05, 3.63) is 0 Å². The van der Waals surface area contributed by atoms with Crippen LogP contribution in [0.5, 0.6) is 0 Å². The smallest absolute Gasteiger partial charge is 0.307 e. The van der Waals surface area contributed by atoms with E-state index in [9.17, 15) is 9.59 Å². The fourth-order valence-electron chi connectivity index (χ4n) is 2.89. The molecule has 2 N–H and O–H groups in total. The highest BCUT2D eigenvalue weighted by Gasteiger charge is 2.27. The second kappa shape index (κ2) is 9.77. The van der Waals surface area contributed by atoms with Gasteiger partial charge in [-0.1, -0.05) is 39.0 Å². The van der Waals surface area contributed by atoms with E-state index in [0.717, 1.165) is 31.8 Å². The molecule has 122 valence electrons. The maximum atomic E-state index is 12.1. The van der Waals surface area contributed by atoms with Gasteiger partial charge in [-0.05, 0) is 18.8 Å². The lowest BCUT2D eigenvalue weighted by Crippen LogP contribution is -2.48. The molecule has 0 radical (unpaired) electrons. The standard InChI is InChI=1S/C16H30N2O3/c1-3-4-5-6-7-13-8-10-18(11-9-13)16(20)14(17)12-15(19)21-2/h13-14H,3-12,17H2,1-2H3. The Morgan fingerprint density at radius 1 is 1.24 bits per heavy atom. The van der Waals surface area contributed by atoms with Crippen molar-refractivity contribution in [1.82, 2.24) is 4.90 Å². The van der Waals surface area contributed by atoms with Crippen LogP contribution in [0.25, 0.3) is 0 Å². The summed E-state index contributed by atoms with van der Waals surface area (Å²) in [6, 6.07) is -0.765. The molecule has 0 aromatic rings. The molecule has 5 heteroatoms. The van der Waals surface area contributed by atoms with Gasteiger partial charge < -0.3 is 15.4 Å². The Bertz CT molecular complexity index is 325. The summed E-state index contributed by atoms with van der Waals surface area (Å²) in [6.07, 6.45) is 8.56. The SMILES string of the molecule is CCCCCCC1CCN(C(=O)C(N)CC(=O)OC)CC1. The zero-order valence-corrected chi connectivity index (χ0v) is 13.5. The number of likely N-dealkylation sites (tertiary alicyclic amines) is 1. The number of esters is 1. The minimum Gasteiger partial charge on any atom is -0.469 e.